The van der Waals surface area contributed by atoms with Gasteiger partial charge in [0.25, 0.3) is 0 Å². The zero-order valence-electron chi connectivity index (χ0n) is 16.1. The highest BCUT2D eigenvalue weighted by Gasteiger charge is 2.19. The van der Waals surface area contributed by atoms with Crippen LogP contribution in [0.1, 0.15) is 16.4 Å². The van der Waals surface area contributed by atoms with E-state index in [9.17, 15) is 8.42 Å². The minimum atomic E-state index is -3.58. The molecule has 0 aliphatic carbocycles. The maximum atomic E-state index is 12.7. The number of hydrogen-bond acceptors (Lipinski definition) is 4. The molecule has 1 unspecified atom stereocenters. The Hall–Kier alpha value is -1.80. The first-order valence-corrected chi connectivity index (χ1v) is 12.2. The molecule has 152 valence electrons. The van der Waals surface area contributed by atoms with E-state index in [0.29, 0.717) is 0 Å². The molecule has 0 aliphatic rings. The van der Waals surface area contributed by atoms with E-state index in [1.54, 1.807) is 43.1 Å². The first-order valence-electron chi connectivity index (χ1n) is 9.00. The molecule has 3 aromatic rings. The lowest BCUT2D eigenvalue weighted by atomic mass is 10.1. The standard InChI is InChI=1S/C22H22BrNO3S2/c1-16-3-13-21(14-4-16)29(25,26)24-15-22(17-5-7-18(23)8-6-17)28-20-11-9-19(27-2)10-12-20/h3-14,22,24H,15H2,1-2H3. The highest BCUT2D eigenvalue weighted by Crippen LogP contribution is 2.36. The Morgan fingerprint density at radius 1 is 0.966 bits per heavy atom. The Morgan fingerprint density at radius 3 is 2.17 bits per heavy atom. The normalized spacial score (nSPS) is 12.5. The largest absolute Gasteiger partial charge is 0.497 e. The van der Waals surface area contributed by atoms with E-state index < -0.39 is 10.0 Å². The monoisotopic (exact) mass is 491 g/mol. The molecule has 3 rings (SSSR count). The lowest BCUT2D eigenvalue weighted by Gasteiger charge is -2.18. The molecule has 1 atom stereocenters. The number of aryl methyl sites for hydroxylation is 1. The molecule has 4 nitrogen and oxygen atoms in total. The minimum Gasteiger partial charge on any atom is -0.497 e. The van der Waals surface area contributed by atoms with Crippen molar-refractivity contribution in [2.75, 3.05) is 13.7 Å². The Morgan fingerprint density at radius 2 is 1.59 bits per heavy atom. The smallest absolute Gasteiger partial charge is 0.240 e. The first-order chi connectivity index (χ1) is 13.9. The molecule has 29 heavy (non-hydrogen) atoms. The van der Waals surface area contributed by atoms with Crippen LogP contribution in [0.25, 0.3) is 0 Å². The van der Waals surface area contributed by atoms with Gasteiger partial charge in [0.1, 0.15) is 5.75 Å². The highest BCUT2D eigenvalue weighted by molar-refractivity contribution is 9.10. The molecular weight excluding hydrogens is 470 g/mol. The fraction of sp³-hybridized carbons (Fsp3) is 0.182. The number of ether oxygens (including phenoxy) is 1. The zero-order valence-corrected chi connectivity index (χ0v) is 19.4. The van der Waals surface area contributed by atoms with Crippen molar-refractivity contribution in [3.05, 3.63) is 88.4 Å². The van der Waals surface area contributed by atoms with Crippen molar-refractivity contribution < 1.29 is 13.2 Å². The first kappa shape index (κ1) is 21.9. The minimum absolute atomic E-state index is 0.0864. The van der Waals surface area contributed by atoms with Crippen LogP contribution in [0.3, 0.4) is 0 Å². The van der Waals surface area contributed by atoms with Gasteiger partial charge in [-0.25, -0.2) is 13.1 Å². The summed E-state index contributed by atoms with van der Waals surface area (Å²) >= 11 is 5.06. The van der Waals surface area contributed by atoms with Gasteiger partial charge in [-0.05, 0) is 61.0 Å². The van der Waals surface area contributed by atoms with Crippen LogP contribution in [0.5, 0.6) is 5.75 Å². The van der Waals surface area contributed by atoms with Crippen molar-refractivity contribution in [3.8, 4) is 5.75 Å². The molecule has 0 saturated heterocycles. The van der Waals surface area contributed by atoms with Crippen LogP contribution in [0.15, 0.2) is 87.1 Å². The van der Waals surface area contributed by atoms with Gasteiger partial charge in [-0.3, -0.25) is 0 Å². The van der Waals surface area contributed by atoms with Crippen LogP contribution in [-0.4, -0.2) is 22.1 Å². The predicted octanol–water partition coefficient (Wildman–Crippen LogP) is 5.58. The van der Waals surface area contributed by atoms with Crippen molar-refractivity contribution >= 4 is 37.7 Å². The van der Waals surface area contributed by atoms with E-state index in [1.165, 1.54) is 0 Å². The van der Waals surface area contributed by atoms with E-state index >= 15 is 0 Å². The van der Waals surface area contributed by atoms with Gasteiger partial charge in [-0.15, -0.1) is 11.8 Å². The van der Waals surface area contributed by atoms with Crippen molar-refractivity contribution in [1.82, 2.24) is 4.72 Å². The third-order valence-corrected chi connectivity index (χ3v) is 7.61. The molecule has 0 spiro atoms. The molecule has 0 amide bonds. The van der Waals surface area contributed by atoms with E-state index in [-0.39, 0.29) is 16.7 Å². The van der Waals surface area contributed by atoms with Gasteiger partial charge < -0.3 is 4.74 Å². The van der Waals surface area contributed by atoms with Gasteiger partial charge in [-0.2, -0.15) is 0 Å². The number of halogens is 1. The fourth-order valence-electron chi connectivity index (χ4n) is 2.71. The number of rotatable bonds is 8. The van der Waals surface area contributed by atoms with E-state index in [1.807, 2.05) is 55.5 Å². The number of benzene rings is 3. The third-order valence-electron chi connectivity index (χ3n) is 4.37. The number of methoxy groups -OCH3 is 1. The number of sulfonamides is 1. The molecule has 1 N–H and O–H groups in total. The second kappa shape index (κ2) is 9.80. The van der Waals surface area contributed by atoms with Crippen molar-refractivity contribution in [2.45, 2.75) is 22.0 Å². The summed E-state index contributed by atoms with van der Waals surface area (Å²) in [4.78, 5) is 1.31. The number of hydrogen-bond donors (Lipinski definition) is 1. The van der Waals surface area contributed by atoms with E-state index in [2.05, 4.69) is 20.7 Å². The van der Waals surface area contributed by atoms with Crippen molar-refractivity contribution in [1.29, 1.82) is 0 Å². The van der Waals surface area contributed by atoms with Crippen LogP contribution in [0, 0.1) is 6.92 Å². The van der Waals surface area contributed by atoms with Crippen molar-refractivity contribution in [2.24, 2.45) is 0 Å². The molecular formula is C22H22BrNO3S2. The Labute approximate surface area is 184 Å². The van der Waals surface area contributed by atoms with Gasteiger partial charge in [0.05, 0.1) is 12.0 Å². The Bertz CT molecular complexity index is 1030. The van der Waals surface area contributed by atoms with Gasteiger partial charge in [-0.1, -0.05) is 45.8 Å². The Kier molecular flexibility index (Phi) is 7.40. The number of nitrogens with one attached hydrogen (secondary N) is 1. The van der Waals surface area contributed by atoms with Crippen LogP contribution in [-0.2, 0) is 10.0 Å². The topological polar surface area (TPSA) is 55.4 Å². The zero-order chi connectivity index (χ0) is 20.9. The van der Waals surface area contributed by atoms with E-state index in [4.69, 9.17) is 4.74 Å². The maximum Gasteiger partial charge on any atom is 0.240 e. The summed E-state index contributed by atoms with van der Waals surface area (Å²) in [5, 5.41) is -0.0864. The average Bonchev–Trinajstić information content (AvgIpc) is 2.72. The lowest BCUT2D eigenvalue weighted by Crippen LogP contribution is -2.27. The summed E-state index contributed by atoms with van der Waals surface area (Å²) in [5.41, 5.74) is 2.06. The van der Waals surface area contributed by atoms with Crippen LogP contribution in [0.2, 0.25) is 0 Å². The van der Waals surface area contributed by atoms with Gasteiger partial charge >= 0.3 is 0 Å². The quantitative estimate of drug-likeness (QED) is 0.418. The van der Waals surface area contributed by atoms with Gasteiger partial charge in [0.15, 0.2) is 0 Å². The van der Waals surface area contributed by atoms with Crippen LogP contribution < -0.4 is 9.46 Å². The summed E-state index contributed by atoms with van der Waals surface area (Å²) < 4.78 is 34.4. The average molecular weight is 492 g/mol. The molecule has 3 aromatic carbocycles. The molecule has 0 heterocycles. The predicted molar refractivity (Wildman–Crippen MR) is 122 cm³/mol. The van der Waals surface area contributed by atoms with Gasteiger partial charge in [0.2, 0.25) is 10.0 Å². The molecule has 0 aliphatic heterocycles. The maximum absolute atomic E-state index is 12.7. The molecule has 0 fully saturated rings. The van der Waals surface area contributed by atoms with E-state index in [0.717, 1.165) is 26.2 Å². The molecule has 0 saturated carbocycles. The highest BCUT2D eigenvalue weighted by atomic mass is 79.9. The van der Waals surface area contributed by atoms with Gasteiger partial charge in [0, 0.05) is 21.2 Å². The lowest BCUT2D eigenvalue weighted by molar-refractivity contribution is 0.414. The summed E-state index contributed by atoms with van der Waals surface area (Å²) in [6.07, 6.45) is 0. The summed E-state index contributed by atoms with van der Waals surface area (Å²) in [5.74, 6) is 0.787. The number of thioether (sulfide) groups is 1. The van der Waals surface area contributed by atoms with Crippen molar-refractivity contribution in [3.63, 3.8) is 0 Å². The van der Waals surface area contributed by atoms with Crippen LogP contribution >= 0.6 is 27.7 Å². The Balaban J connectivity index is 1.80. The SMILES string of the molecule is COc1ccc(SC(CNS(=O)(=O)c2ccc(C)cc2)c2ccc(Br)cc2)cc1. The van der Waals surface area contributed by atoms with Crippen LogP contribution in [0.4, 0.5) is 0 Å². The molecule has 0 aromatic heterocycles. The summed E-state index contributed by atoms with van der Waals surface area (Å²) in [6, 6.07) is 22.5. The summed E-state index contributed by atoms with van der Waals surface area (Å²) in [7, 11) is -1.95. The molecule has 0 radical (unpaired) electrons. The summed E-state index contributed by atoms with van der Waals surface area (Å²) in [6.45, 7) is 2.20. The molecule has 7 heteroatoms. The second-order valence-corrected chi connectivity index (χ2v) is 10.5. The molecule has 0 bridgehead atoms. The third kappa shape index (κ3) is 6.09. The second-order valence-electron chi connectivity index (χ2n) is 6.50. The fourth-order valence-corrected chi connectivity index (χ4v) is 5.21.